The lowest BCUT2D eigenvalue weighted by atomic mass is 10.1. The van der Waals surface area contributed by atoms with Gasteiger partial charge in [-0.1, -0.05) is 5.16 Å². The summed E-state index contributed by atoms with van der Waals surface area (Å²) in [5.74, 6) is 2.11. The Morgan fingerprint density at radius 2 is 2.00 bits per heavy atom. The van der Waals surface area contributed by atoms with Crippen LogP contribution in [0.4, 0.5) is 0 Å². The van der Waals surface area contributed by atoms with Gasteiger partial charge in [0.25, 0.3) is 0 Å². The number of nitrogens with two attached hydrogens (primary N) is 1. The van der Waals surface area contributed by atoms with Crippen molar-refractivity contribution in [2.75, 3.05) is 14.2 Å². The van der Waals surface area contributed by atoms with E-state index in [1.54, 1.807) is 14.2 Å². The Balaban J connectivity index is 2.62. The second-order valence-corrected chi connectivity index (χ2v) is 4.63. The minimum atomic E-state index is 0.200. The predicted octanol–water partition coefficient (Wildman–Crippen LogP) is 2.28. The second kappa shape index (κ2) is 5.58. The molecule has 0 atom stereocenters. The standard InChI is InChI=1S/C12H14BrN3O3/c1-6-4-7(12-15-8(5-14)19-16-12)11(18-3)9(13)10(6)17-2/h4H,5,14H2,1-3H3. The molecule has 7 heteroatoms. The topological polar surface area (TPSA) is 83.4 Å². The molecule has 0 radical (unpaired) electrons. The van der Waals surface area contributed by atoms with Gasteiger partial charge in [-0.15, -0.1) is 0 Å². The van der Waals surface area contributed by atoms with Crippen LogP contribution in [0.5, 0.6) is 11.5 Å². The summed E-state index contributed by atoms with van der Waals surface area (Å²) in [6, 6.07) is 1.88. The van der Waals surface area contributed by atoms with Crippen LogP contribution in [0.2, 0.25) is 0 Å². The summed E-state index contributed by atoms with van der Waals surface area (Å²) in [4.78, 5) is 4.20. The lowest BCUT2D eigenvalue weighted by molar-refractivity contribution is 0.378. The number of nitrogens with zero attached hydrogens (tertiary/aromatic N) is 2. The molecule has 102 valence electrons. The molecule has 2 aromatic rings. The molecule has 19 heavy (non-hydrogen) atoms. The van der Waals surface area contributed by atoms with Crippen LogP contribution in [0, 0.1) is 6.92 Å². The van der Waals surface area contributed by atoms with Gasteiger partial charge in [0.05, 0.1) is 26.3 Å². The average Bonchev–Trinajstić information content (AvgIpc) is 2.87. The van der Waals surface area contributed by atoms with Crippen molar-refractivity contribution in [1.82, 2.24) is 10.1 Å². The number of rotatable bonds is 4. The molecule has 0 fully saturated rings. The molecule has 0 bridgehead atoms. The van der Waals surface area contributed by atoms with Crippen molar-refractivity contribution in [3.05, 3.63) is 22.0 Å². The van der Waals surface area contributed by atoms with E-state index in [1.165, 1.54) is 0 Å². The van der Waals surface area contributed by atoms with Crippen LogP contribution in [0.1, 0.15) is 11.5 Å². The third kappa shape index (κ3) is 2.43. The lowest BCUT2D eigenvalue weighted by Gasteiger charge is -2.14. The molecule has 2 rings (SSSR count). The van der Waals surface area contributed by atoms with Gasteiger partial charge >= 0.3 is 0 Å². The Bertz CT molecular complexity index is 598. The van der Waals surface area contributed by atoms with Gasteiger partial charge in [0.2, 0.25) is 11.7 Å². The Morgan fingerprint density at radius 3 is 2.53 bits per heavy atom. The van der Waals surface area contributed by atoms with Crippen molar-refractivity contribution >= 4 is 15.9 Å². The van der Waals surface area contributed by atoms with Crippen LogP contribution in [-0.4, -0.2) is 24.4 Å². The fourth-order valence-corrected chi connectivity index (χ4v) is 2.66. The summed E-state index contributed by atoms with van der Waals surface area (Å²) in [6.07, 6.45) is 0. The SMILES string of the molecule is COc1c(C)cc(-c2noc(CN)n2)c(OC)c1Br. The first-order valence-electron chi connectivity index (χ1n) is 5.56. The molecule has 2 N–H and O–H groups in total. The van der Waals surface area contributed by atoms with Crippen LogP contribution in [0.3, 0.4) is 0 Å². The van der Waals surface area contributed by atoms with Crippen LogP contribution in [0.15, 0.2) is 15.1 Å². The van der Waals surface area contributed by atoms with Gasteiger partial charge in [-0.05, 0) is 34.5 Å². The maximum absolute atomic E-state index is 5.46. The number of aromatic nitrogens is 2. The van der Waals surface area contributed by atoms with Crippen LogP contribution >= 0.6 is 15.9 Å². The molecular weight excluding hydrogens is 314 g/mol. The third-order valence-corrected chi connectivity index (χ3v) is 3.37. The van der Waals surface area contributed by atoms with E-state index >= 15 is 0 Å². The van der Waals surface area contributed by atoms with Crippen molar-refractivity contribution < 1.29 is 14.0 Å². The van der Waals surface area contributed by atoms with E-state index in [0.29, 0.717) is 27.7 Å². The number of ether oxygens (including phenoxy) is 2. The van der Waals surface area contributed by atoms with Crippen molar-refractivity contribution in [3.8, 4) is 22.9 Å². The van der Waals surface area contributed by atoms with E-state index in [1.807, 2.05) is 13.0 Å². The first-order chi connectivity index (χ1) is 9.12. The number of methoxy groups -OCH3 is 2. The highest BCUT2D eigenvalue weighted by atomic mass is 79.9. The first-order valence-corrected chi connectivity index (χ1v) is 6.35. The summed E-state index contributed by atoms with van der Waals surface area (Å²) < 4.78 is 16.4. The quantitative estimate of drug-likeness (QED) is 0.927. The maximum Gasteiger partial charge on any atom is 0.240 e. The van der Waals surface area contributed by atoms with Gasteiger partial charge in [-0.25, -0.2) is 0 Å². The lowest BCUT2D eigenvalue weighted by Crippen LogP contribution is -1.98. The smallest absolute Gasteiger partial charge is 0.240 e. The maximum atomic E-state index is 5.46. The molecule has 1 heterocycles. The second-order valence-electron chi connectivity index (χ2n) is 3.84. The predicted molar refractivity (Wildman–Crippen MR) is 73.2 cm³/mol. The highest BCUT2D eigenvalue weighted by Crippen LogP contribution is 2.43. The highest BCUT2D eigenvalue weighted by Gasteiger charge is 2.20. The van der Waals surface area contributed by atoms with Crippen molar-refractivity contribution in [3.63, 3.8) is 0 Å². The summed E-state index contributed by atoms with van der Waals surface area (Å²) in [6.45, 7) is 2.13. The zero-order valence-corrected chi connectivity index (χ0v) is 12.4. The summed E-state index contributed by atoms with van der Waals surface area (Å²) in [5, 5.41) is 3.90. The van der Waals surface area contributed by atoms with Gasteiger partial charge in [0.1, 0.15) is 16.0 Å². The van der Waals surface area contributed by atoms with E-state index in [2.05, 4.69) is 26.1 Å². The number of halogens is 1. The van der Waals surface area contributed by atoms with Crippen molar-refractivity contribution in [2.45, 2.75) is 13.5 Å². The molecule has 0 saturated heterocycles. The summed E-state index contributed by atoms with van der Waals surface area (Å²) >= 11 is 3.46. The van der Waals surface area contributed by atoms with Crippen molar-refractivity contribution in [1.29, 1.82) is 0 Å². The molecule has 0 spiro atoms. The normalized spacial score (nSPS) is 10.6. The first kappa shape index (κ1) is 13.8. The molecule has 0 saturated carbocycles. The van der Waals surface area contributed by atoms with Crippen LogP contribution in [0.25, 0.3) is 11.4 Å². The van der Waals surface area contributed by atoms with Crippen molar-refractivity contribution in [2.24, 2.45) is 5.73 Å². The zero-order valence-electron chi connectivity index (χ0n) is 10.9. The van der Waals surface area contributed by atoms with E-state index in [0.717, 1.165) is 11.1 Å². The zero-order chi connectivity index (χ0) is 14.0. The molecule has 6 nitrogen and oxygen atoms in total. The third-order valence-electron chi connectivity index (χ3n) is 2.65. The molecule has 0 amide bonds. The molecular formula is C12H14BrN3O3. The minimum Gasteiger partial charge on any atom is -0.495 e. The Labute approximate surface area is 119 Å². The van der Waals surface area contributed by atoms with Gasteiger partial charge in [-0.3, -0.25) is 0 Å². The Hall–Kier alpha value is -1.60. The molecule has 0 aliphatic heterocycles. The van der Waals surface area contributed by atoms with Crippen LogP contribution in [-0.2, 0) is 6.54 Å². The summed E-state index contributed by atoms with van der Waals surface area (Å²) in [7, 11) is 3.18. The fourth-order valence-electron chi connectivity index (χ4n) is 1.81. The minimum absolute atomic E-state index is 0.200. The van der Waals surface area contributed by atoms with Gasteiger partial charge in [-0.2, -0.15) is 4.98 Å². The molecule has 1 aromatic carbocycles. The van der Waals surface area contributed by atoms with E-state index in [-0.39, 0.29) is 6.54 Å². The highest BCUT2D eigenvalue weighted by molar-refractivity contribution is 9.10. The molecule has 0 unspecified atom stereocenters. The van der Waals surface area contributed by atoms with E-state index in [9.17, 15) is 0 Å². The number of benzene rings is 1. The molecule has 0 aliphatic carbocycles. The van der Waals surface area contributed by atoms with E-state index < -0.39 is 0 Å². The Morgan fingerprint density at radius 1 is 1.32 bits per heavy atom. The number of aryl methyl sites for hydroxylation is 1. The Kier molecular flexibility index (Phi) is 4.06. The number of hydrogen-bond donors (Lipinski definition) is 1. The largest absolute Gasteiger partial charge is 0.495 e. The van der Waals surface area contributed by atoms with Gasteiger partial charge < -0.3 is 19.7 Å². The van der Waals surface area contributed by atoms with Gasteiger partial charge in [0.15, 0.2) is 0 Å². The van der Waals surface area contributed by atoms with E-state index in [4.69, 9.17) is 19.7 Å². The van der Waals surface area contributed by atoms with Crippen LogP contribution < -0.4 is 15.2 Å². The fraction of sp³-hybridized carbons (Fsp3) is 0.333. The number of hydrogen-bond acceptors (Lipinski definition) is 6. The molecule has 1 aromatic heterocycles. The van der Waals surface area contributed by atoms with Gasteiger partial charge in [0, 0.05) is 0 Å². The summed E-state index contributed by atoms with van der Waals surface area (Å²) in [5.41, 5.74) is 7.11. The molecule has 0 aliphatic rings. The average molecular weight is 328 g/mol. The monoisotopic (exact) mass is 327 g/mol.